The molecule has 3 heteroatoms. The Morgan fingerprint density at radius 1 is 1.41 bits per heavy atom. The lowest BCUT2D eigenvalue weighted by molar-refractivity contribution is 0.0658. The second-order valence-electron chi connectivity index (χ2n) is 5.58. The normalized spacial score (nSPS) is 22.6. The molecule has 1 N–H and O–H groups in total. The summed E-state index contributed by atoms with van der Waals surface area (Å²) in [6, 6.07) is 1.22. The molecule has 2 atom stereocenters. The number of hydrogen-bond acceptors (Lipinski definition) is 3. The highest BCUT2D eigenvalue weighted by atomic mass is 16.5. The third-order valence-electron chi connectivity index (χ3n) is 3.52. The van der Waals surface area contributed by atoms with E-state index in [0.29, 0.717) is 18.2 Å². The monoisotopic (exact) mass is 242 g/mol. The van der Waals surface area contributed by atoms with E-state index in [1.54, 1.807) is 0 Å². The maximum Gasteiger partial charge on any atom is 0.0702 e. The average Bonchev–Trinajstić information content (AvgIpc) is 2.76. The minimum Gasteiger partial charge on any atom is -0.377 e. The van der Waals surface area contributed by atoms with Gasteiger partial charge in [0.15, 0.2) is 0 Å². The molecule has 2 unspecified atom stereocenters. The molecule has 0 bridgehead atoms. The lowest BCUT2D eigenvalue weighted by Crippen LogP contribution is -2.44. The molecule has 0 aromatic heterocycles. The van der Waals surface area contributed by atoms with Gasteiger partial charge in [0, 0.05) is 31.8 Å². The van der Waals surface area contributed by atoms with Crippen molar-refractivity contribution in [2.45, 2.75) is 64.6 Å². The van der Waals surface area contributed by atoms with Crippen molar-refractivity contribution in [2.75, 3.05) is 26.7 Å². The van der Waals surface area contributed by atoms with Gasteiger partial charge in [-0.15, -0.1) is 0 Å². The van der Waals surface area contributed by atoms with E-state index in [9.17, 15) is 0 Å². The SMILES string of the molecule is CCCC(CNC(C)C)N(C)CC1CCCO1. The van der Waals surface area contributed by atoms with Crippen molar-refractivity contribution in [3.63, 3.8) is 0 Å². The highest BCUT2D eigenvalue weighted by molar-refractivity contribution is 4.76. The van der Waals surface area contributed by atoms with Crippen LogP contribution in [0.15, 0.2) is 0 Å². The molecule has 3 nitrogen and oxygen atoms in total. The molecule has 1 aliphatic heterocycles. The van der Waals surface area contributed by atoms with Crippen LogP contribution in [0.5, 0.6) is 0 Å². The molecule has 0 aromatic carbocycles. The first-order valence-corrected chi connectivity index (χ1v) is 7.18. The molecule has 0 radical (unpaired) electrons. The number of hydrogen-bond donors (Lipinski definition) is 1. The van der Waals surface area contributed by atoms with E-state index >= 15 is 0 Å². The van der Waals surface area contributed by atoms with E-state index in [-0.39, 0.29) is 0 Å². The zero-order valence-electron chi connectivity index (χ0n) is 12.0. The standard InChI is InChI=1S/C14H30N2O/c1-5-7-13(10-15-12(2)3)16(4)11-14-8-6-9-17-14/h12-15H,5-11H2,1-4H3. The van der Waals surface area contributed by atoms with E-state index < -0.39 is 0 Å². The lowest BCUT2D eigenvalue weighted by Gasteiger charge is -2.30. The summed E-state index contributed by atoms with van der Waals surface area (Å²) >= 11 is 0. The summed E-state index contributed by atoms with van der Waals surface area (Å²) in [5, 5.41) is 3.55. The molecular weight excluding hydrogens is 212 g/mol. The van der Waals surface area contributed by atoms with Crippen LogP contribution in [0, 0.1) is 0 Å². The quantitative estimate of drug-likeness (QED) is 0.706. The minimum absolute atomic E-state index is 0.471. The van der Waals surface area contributed by atoms with Gasteiger partial charge in [0.25, 0.3) is 0 Å². The van der Waals surface area contributed by atoms with Crippen LogP contribution in [0.4, 0.5) is 0 Å². The Morgan fingerprint density at radius 2 is 2.18 bits per heavy atom. The van der Waals surface area contributed by atoms with Crippen molar-refractivity contribution in [3.05, 3.63) is 0 Å². The van der Waals surface area contributed by atoms with Crippen LogP contribution in [0.25, 0.3) is 0 Å². The maximum atomic E-state index is 5.72. The minimum atomic E-state index is 0.471. The van der Waals surface area contributed by atoms with E-state index in [2.05, 4.69) is 38.0 Å². The molecule has 1 rings (SSSR count). The van der Waals surface area contributed by atoms with Crippen molar-refractivity contribution in [2.24, 2.45) is 0 Å². The Bertz CT molecular complexity index is 191. The van der Waals surface area contributed by atoms with Crippen LogP contribution in [-0.4, -0.2) is 49.8 Å². The van der Waals surface area contributed by atoms with Crippen LogP contribution in [0.3, 0.4) is 0 Å². The Hall–Kier alpha value is -0.120. The first-order chi connectivity index (χ1) is 8.13. The molecule has 0 aromatic rings. The van der Waals surface area contributed by atoms with Crippen molar-refractivity contribution >= 4 is 0 Å². The number of likely N-dealkylation sites (N-methyl/N-ethyl adjacent to an activating group) is 1. The van der Waals surface area contributed by atoms with Gasteiger partial charge in [-0.2, -0.15) is 0 Å². The smallest absolute Gasteiger partial charge is 0.0702 e. The highest BCUT2D eigenvalue weighted by Gasteiger charge is 2.21. The molecule has 17 heavy (non-hydrogen) atoms. The number of ether oxygens (including phenoxy) is 1. The van der Waals surface area contributed by atoms with Gasteiger partial charge in [-0.3, -0.25) is 4.90 Å². The van der Waals surface area contributed by atoms with E-state index in [4.69, 9.17) is 4.74 Å². The molecule has 1 fully saturated rings. The van der Waals surface area contributed by atoms with Crippen LogP contribution in [0.1, 0.15) is 46.5 Å². The number of rotatable bonds is 8. The van der Waals surface area contributed by atoms with Gasteiger partial charge >= 0.3 is 0 Å². The van der Waals surface area contributed by atoms with Gasteiger partial charge in [0.1, 0.15) is 0 Å². The van der Waals surface area contributed by atoms with Gasteiger partial charge < -0.3 is 10.1 Å². The first-order valence-electron chi connectivity index (χ1n) is 7.18. The van der Waals surface area contributed by atoms with Crippen molar-refractivity contribution in [3.8, 4) is 0 Å². The molecule has 0 saturated carbocycles. The second kappa shape index (κ2) is 8.06. The Morgan fingerprint density at radius 3 is 2.71 bits per heavy atom. The Kier molecular flexibility index (Phi) is 7.09. The molecule has 0 amide bonds. The molecule has 0 aliphatic carbocycles. The molecule has 1 saturated heterocycles. The van der Waals surface area contributed by atoms with E-state index in [1.165, 1.54) is 25.7 Å². The molecule has 1 heterocycles. The van der Waals surface area contributed by atoms with Gasteiger partial charge in [-0.25, -0.2) is 0 Å². The third-order valence-corrected chi connectivity index (χ3v) is 3.52. The van der Waals surface area contributed by atoms with Crippen LogP contribution < -0.4 is 5.32 Å². The fourth-order valence-corrected chi connectivity index (χ4v) is 2.44. The third kappa shape index (κ3) is 5.84. The van der Waals surface area contributed by atoms with Gasteiger partial charge in [-0.05, 0) is 26.3 Å². The molecule has 0 spiro atoms. The van der Waals surface area contributed by atoms with Crippen LogP contribution in [0.2, 0.25) is 0 Å². The Balaban J connectivity index is 2.32. The predicted octanol–water partition coefficient (Wildman–Crippen LogP) is 2.26. The maximum absolute atomic E-state index is 5.72. The molecular formula is C14H30N2O. The summed E-state index contributed by atoms with van der Waals surface area (Å²) in [5.41, 5.74) is 0. The Labute approximate surface area is 107 Å². The van der Waals surface area contributed by atoms with Crippen molar-refractivity contribution in [1.29, 1.82) is 0 Å². The van der Waals surface area contributed by atoms with Gasteiger partial charge in [0.2, 0.25) is 0 Å². The summed E-state index contributed by atoms with van der Waals surface area (Å²) < 4.78 is 5.72. The summed E-state index contributed by atoms with van der Waals surface area (Å²) in [5.74, 6) is 0. The average molecular weight is 242 g/mol. The zero-order chi connectivity index (χ0) is 12.7. The molecule has 102 valence electrons. The summed E-state index contributed by atoms with van der Waals surface area (Å²) in [7, 11) is 2.24. The highest BCUT2D eigenvalue weighted by Crippen LogP contribution is 2.15. The van der Waals surface area contributed by atoms with Crippen LogP contribution >= 0.6 is 0 Å². The van der Waals surface area contributed by atoms with Crippen molar-refractivity contribution in [1.82, 2.24) is 10.2 Å². The van der Waals surface area contributed by atoms with Crippen molar-refractivity contribution < 1.29 is 4.74 Å². The van der Waals surface area contributed by atoms with Gasteiger partial charge in [0.05, 0.1) is 6.10 Å². The van der Waals surface area contributed by atoms with E-state index in [0.717, 1.165) is 19.7 Å². The topological polar surface area (TPSA) is 24.5 Å². The van der Waals surface area contributed by atoms with Crippen LogP contribution in [-0.2, 0) is 4.74 Å². The fourth-order valence-electron chi connectivity index (χ4n) is 2.44. The number of nitrogens with zero attached hydrogens (tertiary/aromatic N) is 1. The molecule has 1 aliphatic rings. The summed E-state index contributed by atoms with van der Waals surface area (Å²) in [6.07, 6.45) is 5.46. The predicted molar refractivity (Wildman–Crippen MR) is 73.4 cm³/mol. The summed E-state index contributed by atoms with van der Waals surface area (Å²) in [4.78, 5) is 2.48. The second-order valence-corrected chi connectivity index (χ2v) is 5.58. The summed E-state index contributed by atoms with van der Waals surface area (Å²) in [6.45, 7) is 9.83. The van der Waals surface area contributed by atoms with Gasteiger partial charge in [-0.1, -0.05) is 27.2 Å². The van der Waals surface area contributed by atoms with E-state index in [1.807, 2.05) is 0 Å². The fraction of sp³-hybridized carbons (Fsp3) is 1.00. The zero-order valence-corrected chi connectivity index (χ0v) is 12.0. The number of nitrogens with one attached hydrogen (secondary N) is 1. The largest absolute Gasteiger partial charge is 0.377 e. The first kappa shape index (κ1) is 14.9. The lowest BCUT2D eigenvalue weighted by atomic mass is 10.1.